The van der Waals surface area contributed by atoms with Gasteiger partial charge in [0, 0.05) is 11.5 Å². The van der Waals surface area contributed by atoms with Crippen LogP contribution in [-0.4, -0.2) is 5.54 Å². The lowest BCUT2D eigenvalue weighted by molar-refractivity contribution is 0.643. The van der Waals surface area contributed by atoms with E-state index in [0.717, 1.165) is 0 Å². The summed E-state index contributed by atoms with van der Waals surface area (Å²) in [7, 11) is 0. The lowest BCUT2D eigenvalue weighted by Crippen LogP contribution is -2.29. The summed E-state index contributed by atoms with van der Waals surface area (Å²) in [6.07, 6.45) is 5.98. The normalized spacial score (nSPS) is 25.3. The van der Waals surface area contributed by atoms with Crippen LogP contribution in [0.15, 0.2) is 23.8 Å². The Hall–Kier alpha value is -1.00. The topological polar surface area (TPSA) is 26.0 Å². The van der Waals surface area contributed by atoms with Crippen molar-refractivity contribution in [1.82, 2.24) is 0 Å². The second-order valence-electron chi connectivity index (χ2n) is 3.81. The number of rotatable bonds is 1. The van der Waals surface area contributed by atoms with Gasteiger partial charge in [0.25, 0.3) is 0 Å². The molecule has 0 aliphatic heterocycles. The Kier molecular flexibility index (Phi) is 2.40. The summed E-state index contributed by atoms with van der Waals surface area (Å²) in [5, 5.41) is 0. The molecule has 1 rings (SSSR count). The summed E-state index contributed by atoms with van der Waals surface area (Å²) in [5.74, 6) is 6.35. The molecule has 2 N–H and O–H groups in total. The Morgan fingerprint density at radius 2 is 2.25 bits per heavy atom. The van der Waals surface area contributed by atoms with E-state index in [0.29, 0.717) is 5.92 Å². The zero-order chi connectivity index (χ0) is 9.19. The van der Waals surface area contributed by atoms with Crippen LogP contribution >= 0.6 is 0 Å². The molecule has 0 aromatic rings. The van der Waals surface area contributed by atoms with Crippen molar-refractivity contribution in [3.63, 3.8) is 0 Å². The van der Waals surface area contributed by atoms with Gasteiger partial charge in [0.2, 0.25) is 0 Å². The van der Waals surface area contributed by atoms with Gasteiger partial charge in [-0.3, -0.25) is 0 Å². The van der Waals surface area contributed by atoms with Crippen LogP contribution in [0.4, 0.5) is 0 Å². The number of nitrogens with two attached hydrogens (primary N) is 1. The molecule has 0 aromatic carbocycles. The fourth-order valence-electron chi connectivity index (χ4n) is 1.14. The zero-order valence-corrected chi connectivity index (χ0v) is 7.89. The van der Waals surface area contributed by atoms with Gasteiger partial charge in [0.15, 0.2) is 0 Å². The van der Waals surface area contributed by atoms with Gasteiger partial charge in [-0.05, 0) is 38.5 Å². The third kappa shape index (κ3) is 2.56. The molecule has 0 fully saturated rings. The van der Waals surface area contributed by atoms with Crippen molar-refractivity contribution in [2.24, 2.45) is 11.7 Å². The van der Waals surface area contributed by atoms with E-state index < -0.39 is 0 Å². The smallest absolute Gasteiger partial charge is 0.0425 e. The SMILES string of the molecule is CC1C#CC=C/C1=C/C(C)(C)N. The van der Waals surface area contributed by atoms with Crippen molar-refractivity contribution in [2.75, 3.05) is 0 Å². The van der Waals surface area contributed by atoms with Gasteiger partial charge >= 0.3 is 0 Å². The first-order chi connectivity index (χ1) is 5.49. The van der Waals surface area contributed by atoms with Crippen LogP contribution in [0.25, 0.3) is 0 Å². The Morgan fingerprint density at radius 1 is 1.58 bits per heavy atom. The van der Waals surface area contributed by atoms with Crippen molar-refractivity contribution in [3.8, 4) is 11.8 Å². The zero-order valence-electron chi connectivity index (χ0n) is 7.89. The van der Waals surface area contributed by atoms with E-state index in [1.165, 1.54) is 5.57 Å². The standard InChI is InChI=1S/C11H15N/c1-9-6-4-5-7-10(9)8-11(2,3)12/h5,7-9H,12H2,1-3H3/b10-8-. The fourth-order valence-corrected chi connectivity index (χ4v) is 1.14. The molecule has 0 saturated heterocycles. The molecule has 0 radical (unpaired) electrons. The van der Waals surface area contributed by atoms with Crippen LogP contribution in [0.2, 0.25) is 0 Å². The van der Waals surface area contributed by atoms with E-state index >= 15 is 0 Å². The van der Waals surface area contributed by atoms with Gasteiger partial charge in [-0.15, -0.1) is 0 Å². The number of hydrogen-bond acceptors (Lipinski definition) is 1. The molecule has 1 heteroatoms. The van der Waals surface area contributed by atoms with Gasteiger partial charge in [0.1, 0.15) is 0 Å². The van der Waals surface area contributed by atoms with Crippen LogP contribution in [-0.2, 0) is 0 Å². The molecule has 1 atom stereocenters. The maximum absolute atomic E-state index is 5.87. The highest BCUT2D eigenvalue weighted by Crippen LogP contribution is 2.17. The summed E-state index contributed by atoms with van der Waals surface area (Å²) < 4.78 is 0. The molecule has 1 unspecified atom stereocenters. The first-order valence-electron chi connectivity index (χ1n) is 4.18. The molecule has 1 nitrogen and oxygen atoms in total. The second kappa shape index (κ2) is 3.16. The summed E-state index contributed by atoms with van der Waals surface area (Å²) in [4.78, 5) is 0. The summed E-state index contributed by atoms with van der Waals surface area (Å²) >= 11 is 0. The van der Waals surface area contributed by atoms with E-state index in [1.807, 2.05) is 26.0 Å². The molecular formula is C11H15N. The van der Waals surface area contributed by atoms with Crippen LogP contribution in [0, 0.1) is 17.8 Å². The van der Waals surface area contributed by atoms with Gasteiger partial charge in [0.05, 0.1) is 0 Å². The predicted molar refractivity (Wildman–Crippen MR) is 52.4 cm³/mol. The largest absolute Gasteiger partial charge is 0.322 e. The second-order valence-corrected chi connectivity index (χ2v) is 3.81. The molecule has 1 aliphatic rings. The van der Waals surface area contributed by atoms with Crippen molar-refractivity contribution in [1.29, 1.82) is 0 Å². The first-order valence-corrected chi connectivity index (χ1v) is 4.18. The maximum Gasteiger partial charge on any atom is 0.0425 e. The minimum atomic E-state index is -0.243. The molecule has 0 saturated carbocycles. The van der Waals surface area contributed by atoms with E-state index in [9.17, 15) is 0 Å². The molecule has 12 heavy (non-hydrogen) atoms. The fraction of sp³-hybridized carbons (Fsp3) is 0.455. The monoisotopic (exact) mass is 161 g/mol. The Labute approximate surface area is 74.3 Å². The van der Waals surface area contributed by atoms with E-state index in [1.54, 1.807) is 0 Å². The Bertz CT molecular complexity index is 278. The molecule has 1 aliphatic carbocycles. The van der Waals surface area contributed by atoms with E-state index in [-0.39, 0.29) is 5.54 Å². The molecule has 0 bridgehead atoms. The van der Waals surface area contributed by atoms with Crippen LogP contribution in [0.3, 0.4) is 0 Å². The molecule has 0 heterocycles. The van der Waals surface area contributed by atoms with Gasteiger partial charge in [-0.25, -0.2) is 0 Å². The minimum Gasteiger partial charge on any atom is -0.322 e. The lowest BCUT2D eigenvalue weighted by Gasteiger charge is -2.17. The first kappa shape index (κ1) is 9.09. The summed E-state index contributed by atoms with van der Waals surface area (Å²) in [6, 6.07) is 0. The van der Waals surface area contributed by atoms with E-state index in [2.05, 4.69) is 24.8 Å². The highest BCUT2D eigenvalue weighted by molar-refractivity contribution is 5.39. The van der Waals surface area contributed by atoms with Gasteiger partial charge in [-0.2, -0.15) is 0 Å². The van der Waals surface area contributed by atoms with E-state index in [4.69, 9.17) is 5.73 Å². The maximum atomic E-state index is 5.87. The lowest BCUT2D eigenvalue weighted by atomic mass is 9.92. The van der Waals surface area contributed by atoms with Crippen molar-refractivity contribution < 1.29 is 0 Å². The van der Waals surface area contributed by atoms with Crippen molar-refractivity contribution in [2.45, 2.75) is 26.3 Å². The minimum absolute atomic E-state index is 0.243. The molecule has 0 spiro atoms. The van der Waals surface area contributed by atoms with Crippen molar-refractivity contribution >= 4 is 0 Å². The third-order valence-corrected chi connectivity index (χ3v) is 1.70. The van der Waals surface area contributed by atoms with Gasteiger partial charge < -0.3 is 5.73 Å². The highest BCUT2D eigenvalue weighted by atomic mass is 14.7. The van der Waals surface area contributed by atoms with Crippen LogP contribution in [0.1, 0.15) is 20.8 Å². The van der Waals surface area contributed by atoms with Crippen molar-refractivity contribution in [3.05, 3.63) is 23.8 Å². The molecule has 64 valence electrons. The average Bonchev–Trinajstić information content (AvgIpc) is 1.91. The number of hydrogen-bond donors (Lipinski definition) is 1. The third-order valence-electron chi connectivity index (χ3n) is 1.70. The average molecular weight is 161 g/mol. The van der Waals surface area contributed by atoms with Crippen LogP contribution in [0.5, 0.6) is 0 Å². The summed E-state index contributed by atoms with van der Waals surface area (Å²) in [6.45, 7) is 6.07. The Balaban J connectivity index is 2.86. The van der Waals surface area contributed by atoms with Gasteiger partial charge in [-0.1, -0.05) is 17.9 Å². The number of allylic oxidation sites excluding steroid dienone is 3. The predicted octanol–water partition coefficient (Wildman–Crippen LogP) is 1.86. The molecular weight excluding hydrogens is 146 g/mol. The quantitative estimate of drug-likeness (QED) is 0.584. The van der Waals surface area contributed by atoms with Crippen LogP contribution < -0.4 is 5.73 Å². The Morgan fingerprint density at radius 3 is 2.75 bits per heavy atom. The molecule has 0 aromatic heterocycles. The molecule has 0 amide bonds. The summed E-state index contributed by atoms with van der Waals surface area (Å²) in [5.41, 5.74) is 6.85. The highest BCUT2D eigenvalue weighted by Gasteiger charge is 2.11.